The Kier molecular flexibility index (Phi) is 4.92. The second kappa shape index (κ2) is 6.67. The van der Waals surface area contributed by atoms with Crippen molar-refractivity contribution in [3.63, 3.8) is 0 Å². The first-order chi connectivity index (χ1) is 9.20. The van der Waals surface area contributed by atoms with Gasteiger partial charge in [-0.1, -0.05) is 0 Å². The maximum Gasteiger partial charge on any atom is 0.242 e. The largest absolute Gasteiger partial charge is 0.480 e. The summed E-state index contributed by atoms with van der Waals surface area (Å²) < 4.78 is 5.74. The molecule has 0 aromatic carbocycles. The number of ether oxygens (including phenoxy) is 1. The molecule has 2 heterocycles. The minimum absolute atomic E-state index is 0.0481. The van der Waals surface area contributed by atoms with Crippen molar-refractivity contribution in [2.24, 2.45) is 0 Å². The number of carbonyl (C=O) groups is 1. The normalized spacial score (nSPS) is 15.2. The zero-order valence-corrected chi connectivity index (χ0v) is 12.2. The Bertz CT molecular complexity index is 451. The number of nitrogens with zero attached hydrogens (tertiary/aromatic N) is 3. The summed E-state index contributed by atoms with van der Waals surface area (Å²) in [6.45, 7) is 3.35. The summed E-state index contributed by atoms with van der Waals surface area (Å²) in [5.74, 6) is 0.864. The summed E-state index contributed by atoms with van der Waals surface area (Å²) in [5.41, 5.74) is 0. The Labute approximate surface area is 119 Å². The van der Waals surface area contributed by atoms with E-state index in [1.807, 2.05) is 4.90 Å². The first-order valence-corrected chi connectivity index (χ1v) is 6.79. The van der Waals surface area contributed by atoms with E-state index in [2.05, 4.69) is 36.5 Å². The van der Waals surface area contributed by atoms with Crippen LogP contribution in [0.4, 0.5) is 5.95 Å². The van der Waals surface area contributed by atoms with Crippen molar-refractivity contribution in [1.82, 2.24) is 20.2 Å². The zero-order valence-electron chi connectivity index (χ0n) is 10.6. The van der Waals surface area contributed by atoms with Gasteiger partial charge in [-0.15, -0.1) is 0 Å². The summed E-state index contributed by atoms with van der Waals surface area (Å²) in [6.07, 6.45) is 1.59. The number of hydrogen-bond donors (Lipinski definition) is 2. The van der Waals surface area contributed by atoms with Gasteiger partial charge in [-0.05, 0) is 15.9 Å². The minimum atomic E-state index is 0.0481. The lowest BCUT2D eigenvalue weighted by atomic mass is 10.3. The standard InChI is InChI=1S/C11H16BrN5O2/c1-19-10-8(12)6-14-11(16-10)15-7-9(18)17-4-2-13-3-5-17/h6,13H,2-5,7H2,1H3,(H,14,15,16). The van der Waals surface area contributed by atoms with E-state index in [4.69, 9.17) is 4.74 Å². The number of nitrogens with one attached hydrogen (secondary N) is 2. The third-order valence-electron chi connectivity index (χ3n) is 2.77. The molecule has 0 unspecified atom stereocenters. The van der Waals surface area contributed by atoms with Crippen LogP contribution in [-0.4, -0.2) is 60.6 Å². The van der Waals surface area contributed by atoms with Crippen molar-refractivity contribution >= 4 is 27.8 Å². The van der Waals surface area contributed by atoms with E-state index in [9.17, 15) is 4.79 Å². The molecule has 1 saturated heterocycles. The van der Waals surface area contributed by atoms with Gasteiger partial charge < -0.3 is 20.3 Å². The second-order valence-electron chi connectivity index (χ2n) is 4.04. The fraction of sp³-hybridized carbons (Fsp3) is 0.545. The summed E-state index contributed by atoms with van der Waals surface area (Å²) in [6, 6.07) is 0. The maximum absolute atomic E-state index is 11.9. The Morgan fingerprint density at radius 1 is 1.58 bits per heavy atom. The lowest BCUT2D eigenvalue weighted by molar-refractivity contribution is -0.129. The summed E-state index contributed by atoms with van der Waals surface area (Å²) in [7, 11) is 1.53. The van der Waals surface area contributed by atoms with Gasteiger partial charge in [0.05, 0.1) is 24.3 Å². The van der Waals surface area contributed by atoms with E-state index >= 15 is 0 Å². The van der Waals surface area contributed by atoms with E-state index in [1.165, 1.54) is 7.11 Å². The first kappa shape index (κ1) is 14.0. The molecule has 104 valence electrons. The Balaban J connectivity index is 1.89. The summed E-state index contributed by atoms with van der Waals surface area (Å²) in [5, 5.41) is 6.11. The predicted molar refractivity (Wildman–Crippen MR) is 74.2 cm³/mol. The average Bonchev–Trinajstić information content (AvgIpc) is 2.47. The van der Waals surface area contributed by atoms with E-state index in [0.29, 0.717) is 16.3 Å². The van der Waals surface area contributed by atoms with Crippen LogP contribution in [0.1, 0.15) is 0 Å². The van der Waals surface area contributed by atoms with Crippen LogP contribution in [0.2, 0.25) is 0 Å². The highest BCUT2D eigenvalue weighted by Crippen LogP contribution is 2.21. The van der Waals surface area contributed by atoms with E-state index < -0.39 is 0 Å². The number of aromatic nitrogens is 2. The van der Waals surface area contributed by atoms with Crippen LogP contribution >= 0.6 is 15.9 Å². The van der Waals surface area contributed by atoms with Gasteiger partial charge in [0, 0.05) is 26.2 Å². The number of rotatable bonds is 4. The second-order valence-corrected chi connectivity index (χ2v) is 4.89. The fourth-order valence-electron chi connectivity index (χ4n) is 1.76. The quantitative estimate of drug-likeness (QED) is 0.815. The van der Waals surface area contributed by atoms with Crippen molar-refractivity contribution < 1.29 is 9.53 Å². The Morgan fingerprint density at radius 3 is 3.00 bits per heavy atom. The van der Waals surface area contributed by atoms with Crippen LogP contribution in [0, 0.1) is 0 Å². The van der Waals surface area contributed by atoms with Crippen LogP contribution in [0.3, 0.4) is 0 Å². The molecule has 0 atom stereocenters. The Morgan fingerprint density at radius 2 is 2.32 bits per heavy atom. The molecule has 8 heteroatoms. The number of carbonyl (C=O) groups excluding carboxylic acids is 1. The van der Waals surface area contributed by atoms with Crippen LogP contribution in [-0.2, 0) is 4.79 Å². The van der Waals surface area contributed by atoms with Crippen molar-refractivity contribution in [3.8, 4) is 5.88 Å². The van der Waals surface area contributed by atoms with Gasteiger partial charge in [0.15, 0.2) is 0 Å². The van der Waals surface area contributed by atoms with Crippen molar-refractivity contribution in [2.75, 3.05) is 45.2 Å². The van der Waals surface area contributed by atoms with Crippen LogP contribution < -0.4 is 15.4 Å². The number of anilines is 1. The molecule has 0 aliphatic carbocycles. The molecule has 1 fully saturated rings. The predicted octanol–water partition coefficient (Wildman–Crippen LogP) is 0.0914. The van der Waals surface area contributed by atoms with Crippen molar-refractivity contribution in [3.05, 3.63) is 10.7 Å². The number of methoxy groups -OCH3 is 1. The lowest BCUT2D eigenvalue weighted by Crippen LogP contribution is -2.48. The third kappa shape index (κ3) is 3.77. The zero-order chi connectivity index (χ0) is 13.7. The van der Waals surface area contributed by atoms with Gasteiger partial charge in [-0.2, -0.15) is 4.98 Å². The van der Waals surface area contributed by atoms with Crippen molar-refractivity contribution in [2.45, 2.75) is 0 Å². The fourth-order valence-corrected chi connectivity index (χ4v) is 2.11. The maximum atomic E-state index is 11.9. The molecule has 0 spiro atoms. The number of halogens is 1. The van der Waals surface area contributed by atoms with Gasteiger partial charge >= 0.3 is 0 Å². The molecule has 19 heavy (non-hydrogen) atoms. The summed E-state index contributed by atoms with van der Waals surface area (Å²) in [4.78, 5) is 22.0. The molecule has 1 aliphatic heterocycles. The van der Waals surface area contributed by atoms with Gasteiger partial charge in [-0.25, -0.2) is 4.98 Å². The van der Waals surface area contributed by atoms with Crippen LogP contribution in [0.5, 0.6) is 5.88 Å². The molecule has 1 aromatic heterocycles. The highest BCUT2D eigenvalue weighted by molar-refractivity contribution is 9.10. The highest BCUT2D eigenvalue weighted by Gasteiger charge is 2.16. The molecule has 0 bridgehead atoms. The van der Waals surface area contributed by atoms with Gasteiger partial charge in [0.25, 0.3) is 0 Å². The molecule has 7 nitrogen and oxygen atoms in total. The summed E-state index contributed by atoms with van der Waals surface area (Å²) >= 11 is 3.27. The molecule has 1 amide bonds. The molecule has 0 radical (unpaired) electrons. The molecule has 2 N–H and O–H groups in total. The molecule has 1 aromatic rings. The van der Waals surface area contributed by atoms with Gasteiger partial charge in [-0.3, -0.25) is 4.79 Å². The van der Waals surface area contributed by atoms with Crippen LogP contribution in [0.15, 0.2) is 10.7 Å². The number of amides is 1. The highest BCUT2D eigenvalue weighted by atomic mass is 79.9. The topological polar surface area (TPSA) is 79.4 Å². The van der Waals surface area contributed by atoms with E-state index in [0.717, 1.165) is 26.2 Å². The van der Waals surface area contributed by atoms with Gasteiger partial charge in [0.1, 0.15) is 0 Å². The molecule has 1 aliphatic rings. The molecular weight excluding hydrogens is 314 g/mol. The molecular formula is C11H16BrN5O2. The Hall–Kier alpha value is -1.41. The van der Waals surface area contributed by atoms with Gasteiger partial charge in [0.2, 0.25) is 17.7 Å². The average molecular weight is 330 g/mol. The van der Waals surface area contributed by atoms with Crippen LogP contribution in [0.25, 0.3) is 0 Å². The monoisotopic (exact) mass is 329 g/mol. The van der Waals surface area contributed by atoms with E-state index in [1.54, 1.807) is 6.20 Å². The smallest absolute Gasteiger partial charge is 0.242 e. The third-order valence-corrected chi connectivity index (χ3v) is 3.32. The molecule has 2 rings (SSSR count). The van der Waals surface area contributed by atoms with E-state index in [-0.39, 0.29) is 12.5 Å². The number of hydrogen-bond acceptors (Lipinski definition) is 6. The van der Waals surface area contributed by atoms with Crippen molar-refractivity contribution in [1.29, 1.82) is 0 Å². The lowest BCUT2D eigenvalue weighted by Gasteiger charge is -2.27. The minimum Gasteiger partial charge on any atom is -0.480 e. The SMILES string of the molecule is COc1nc(NCC(=O)N2CCNCC2)ncc1Br. The molecule has 0 saturated carbocycles. The number of piperazine rings is 1. The first-order valence-electron chi connectivity index (χ1n) is 5.99.